The monoisotopic (exact) mass is 837 g/mol. The molecule has 0 N–H and O–H groups in total. The van der Waals surface area contributed by atoms with Crippen LogP contribution < -0.4 is 5.19 Å². The van der Waals surface area contributed by atoms with Crippen LogP contribution in [0.1, 0.15) is 31.2 Å². The van der Waals surface area contributed by atoms with Crippen molar-refractivity contribution in [3.8, 4) is 33.6 Å². The van der Waals surface area contributed by atoms with E-state index >= 15 is 0 Å². The van der Waals surface area contributed by atoms with Gasteiger partial charge >= 0.3 is 0 Å². The van der Waals surface area contributed by atoms with Crippen molar-refractivity contribution in [1.29, 1.82) is 0 Å². The molecule has 0 unspecified atom stereocenters. The molecule has 1 aliphatic rings. The van der Waals surface area contributed by atoms with Gasteiger partial charge in [0, 0.05) is 37.2 Å². The molecule has 8 rings (SSSR count). The third-order valence-electron chi connectivity index (χ3n) is 9.23. The smallest absolute Gasteiger partial charge is 0.0798 e. The number of pyridine rings is 2. The maximum Gasteiger partial charge on any atom is 0.0798 e. The van der Waals surface area contributed by atoms with Gasteiger partial charge in [-0.05, 0) is 56.2 Å². The molecule has 0 atom stereocenters. The molecule has 1 saturated carbocycles. The Kier molecular flexibility index (Phi) is 10.8. The summed E-state index contributed by atoms with van der Waals surface area (Å²) < 4.78 is 2.57. The Morgan fingerprint density at radius 3 is 2.23 bits per heavy atom. The fourth-order valence-corrected chi connectivity index (χ4v) is 9.81. The molecule has 4 aromatic carbocycles. The summed E-state index contributed by atoms with van der Waals surface area (Å²) in [5.41, 5.74) is 8.33. The average molecular weight is 837 g/mol. The summed E-state index contributed by atoms with van der Waals surface area (Å²) in [4.78, 5) is 9.28. The molecule has 2 nitrogen and oxygen atoms in total. The molecule has 1 aliphatic carbocycles. The first kappa shape index (κ1) is 34.1. The van der Waals surface area contributed by atoms with E-state index in [0.717, 1.165) is 28.4 Å². The summed E-state index contributed by atoms with van der Waals surface area (Å²) in [6.45, 7) is 7.28. The maximum atomic E-state index is 4.75. The van der Waals surface area contributed by atoms with Gasteiger partial charge in [-0.1, -0.05) is 123 Å². The van der Waals surface area contributed by atoms with E-state index in [-0.39, 0.29) is 20.1 Å². The van der Waals surface area contributed by atoms with Crippen molar-refractivity contribution in [1.82, 2.24) is 9.97 Å². The normalized spacial score (nSPS) is 13.2. The van der Waals surface area contributed by atoms with Gasteiger partial charge in [0.1, 0.15) is 0 Å². The zero-order chi connectivity index (χ0) is 32.2. The number of fused-ring (bicyclic) bond motifs is 3. The van der Waals surface area contributed by atoms with Crippen molar-refractivity contribution >= 4 is 44.8 Å². The minimum Gasteiger partial charge on any atom is -0.305 e. The van der Waals surface area contributed by atoms with E-state index in [2.05, 4.69) is 116 Å². The summed E-state index contributed by atoms with van der Waals surface area (Å²) in [5, 5.41) is 4.11. The van der Waals surface area contributed by atoms with E-state index in [0.29, 0.717) is 0 Å². The van der Waals surface area contributed by atoms with Gasteiger partial charge in [-0.2, -0.15) is 11.3 Å². The minimum atomic E-state index is -1.35. The van der Waals surface area contributed by atoms with Crippen LogP contribution in [0.2, 0.25) is 19.6 Å². The number of aromatic nitrogens is 2. The van der Waals surface area contributed by atoms with Crippen LogP contribution in [-0.4, -0.2) is 18.0 Å². The molecule has 1 radical (unpaired) electrons. The van der Waals surface area contributed by atoms with E-state index in [4.69, 9.17) is 4.98 Å². The van der Waals surface area contributed by atoms with Crippen LogP contribution in [0.25, 0.3) is 53.8 Å². The van der Waals surface area contributed by atoms with Crippen molar-refractivity contribution in [2.75, 3.05) is 0 Å². The number of nitrogens with zero attached hydrogens (tertiary/aromatic N) is 2. The molecule has 48 heavy (non-hydrogen) atoms. The van der Waals surface area contributed by atoms with Crippen LogP contribution in [-0.2, 0) is 26.5 Å². The van der Waals surface area contributed by atoms with Crippen LogP contribution >= 0.6 is 11.3 Å². The number of benzene rings is 4. The Hall–Kier alpha value is -3.73. The second kappa shape index (κ2) is 15.2. The predicted octanol–water partition coefficient (Wildman–Crippen LogP) is 11.4. The first-order valence-electron chi connectivity index (χ1n) is 16.7. The molecular formula is C43H40IrN2SSi-2. The molecule has 0 saturated heterocycles. The van der Waals surface area contributed by atoms with Crippen LogP contribution in [0.15, 0.2) is 122 Å². The van der Waals surface area contributed by atoms with E-state index in [1.807, 2.05) is 53.9 Å². The Morgan fingerprint density at radius 2 is 1.50 bits per heavy atom. The van der Waals surface area contributed by atoms with Crippen molar-refractivity contribution in [3.63, 3.8) is 0 Å². The summed E-state index contributed by atoms with van der Waals surface area (Å²) in [5.74, 6) is 0.880. The van der Waals surface area contributed by atoms with E-state index in [1.165, 1.54) is 63.4 Å². The molecule has 3 heterocycles. The predicted molar refractivity (Wildman–Crippen MR) is 204 cm³/mol. The summed E-state index contributed by atoms with van der Waals surface area (Å²) in [7, 11) is -1.35. The molecule has 5 heteroatoms. The zero-order valence-corrected chi connectivity index (χ0v) is 32.0. The second-order valence-electron chi connectivity index (χ2n) is 13.6. The maximum absolute atomic E-state index is 4.75. The van der Waals surface area contributed by atoms with E-state index in [1.54, 1.807) is 10.8 Å². The quantitative estimate of drug-likeness (QED) is 0.123. The molecule has 0 aliphatic heterocycles. The summed E-state index contributed by atoms with van der Waals surface area (Å²) >= 11 is 1.83. The van der Waals surface area contributed by atoms with Gasteiger partial charge < -0.3 is 9.97 Å². The molecule has 3 aromatic heterocycles. The fourth-order valence-electron chi connectivity index (χ4n) is 6.88. The van der Waals surface area contributed by atoms with Gasteiger partial charge in [-0.15, -0.1) is 59.7 Å². The van der Waals surface area contributed by atoms with Crippen molar-refractivity contribution in [2.24, 2.45) is 5.92 Å². The zero-order valence-electron chi connectivity index (χ0n) is 27.8. The Balaban J connectivity index is 0.000000165. The number of hydrogen-bond donors (Lipinski definition) is 0. The third-order valence-corrected chi connectivity index (χ3v) is 12.6. The van der Waals surface area contributed by atoms with Gasteiger partial charge in [0.05, 0.1) is 8.07 Å². The van der Waals surface area contributed by atoms with Crippen molar-refractivity contribution in [2.45, 2.75) is 51.7 Å². The van der Waals surface area contributed by atoms with E-state index in [9.17, 15) is 0 Å². The number of rotatable bonds is 6. The SMILES string of the molecule is C[Si](C)(C)c1cnc(-c2[c-]cccc2)cc1CC1CCCC1.[Ir].[c-]1ccc2c(sc3c(-c4ccccc4)cccc32)c1-c1ccccn1. The van der Waals surface area contributed by atoms with Gasteiger partial charge in [0.25, 0.3) is 0 Å². The largest absolute Gasteiger partial charge is 0.305 e. The average Bonchev–Trinajstić information content (AvgIpc) is 3.77. The van der Waals surface area contributed by atoms with Gasteiger partial charge in [0.2, 0.25) is 0 Å². The topological polar surface area (TPSA) is 25.8 Å². The van der Waals surface area contributed by atoms with Gasteiger partial charge in [-0.25, -0.2) is 0 Å². The molecular weight excluding hydrogens is 797 g/mol. The Labute approximate surface area is 303 Å². The standard InChI is InChI=1S/C23H14NS.C20H26NSi.Ir/c1-2-8-16(9-3-1)17-10-6-11-18-19-12-7-13-20(23(19)25-22(17)18)21-14-4-5-15-24-21;1-22(2,3)20-15-21-19(17-11-5-4-6-12-17)14-18(20)13-16-9-7-8-10-16;/h1-12,14-15H;4-6,11,14-16H,7-10,13H2,1-3H3;/q2*-1;. The van der Waals surface area contributed by atoms with Crippen molar-refractivity contribution in [3.05, 3.63) is 139 Å². The van der Waals surface area contributed by atoms with E-state index < -0.39 is 8.07 Å². The van der Waals surface area contributed by atoms with Crippen LogP contribution in [0.3, 0.4) is 0 Å². The molecule has 1 fully saturated rings. The second-order valence-corrected chi connectivity index (χ2v) is 19.6. The Morgan fingerprint density at radius 1 is 0.729 bits per heavy atom. The summed E-state index contributed by atoms with van der Waals surface area (Å²) in [6, 6.07) is 44.6. The molecule has 7 aromatic rings. The third kappa shape index (κ3) is 7.45. The van der Waals surface area contributed by atoms with Crippen molar-refractivity contribution < 1.29 is 20.1 Å². The fraction of sp³-hybridized carbons (Fsp3) is 0.209. The molecule has 0 bridgehead atoms. The summed E-state index contributed by atoms with van der Waals surface area (Å²) in [6.07, 6.45) is 10.9. The minimum absolute atomic E-state index is 0. The van der Waals surface area contributed by atoms with Crippen LogP contribution in [0.5, 0.6) is 0 Å². The van der Waals surface area contributed by atoms with Gasteiger partial charge in [-0.3, -0.25) is 0 Å². The molecule has 0 spiro atoms. The first-order chi connectivity index (χ1) is 23.0. The van der Waals surface area contributed by atoms with Crippen LogP contribution in [0.4, 0.5) is 0 Å². The Bertz CT molecular complexity index is 2000. The first-order valence-corrected chi connectivity index (χ1v) is 21.1. The molecule has 243 valence electrons. The molecule has 0 amide bonds. The number of hydrogen-bond acceptors (Lipinski definition) is 3. The van der Waals surface area contributed by atoms with Gasteiger partial charge in [0.15, 0.2) is 0 Å². The number of thiophene rings is 1. The van der Waals surface area contributed by atoms with Crippen LogP contribution in [0, 0.1) is 18.1 Å².